The second kappa shape index (κ2) is 4.06. The molecule has 0 bridgehead atoms. The van der Waals surface area contributed by atoms with Crippen molar-refractivity contribution in [2.24, 2.45) is 0 Å². The predicted octanol–water partition coefficient (Wildman–Crippen LogP) is -0.508. The minimum Gasteiger partial charge on any atom is -0.460 e. The zero-order valence-electron chi connectivity index (χ0n) is 6.74. The standard InChI is InChI=1S/C7H10O5/c1-10-2-3-11-7(9)5-4-6(8)12-5/h5H,2-4H2,1H3/t5-/m0/s1. The molecule has 0 aromatic heterocycles. The summed E-state index contributed by atoms with van der Waals surface area (Å²) in [7, 11) is 1.51. The molecule has 0 spiro atoms. The lowest BCUT2D eigenvalue weighted by Crippen LogP contribution is -2.40. The van der Waals surface area contributed by atoms with Gasteiger partial charge in [0.1, 0.15) is 6.61 Å². The molecule has 0 unspecified atom stereocenters. The molecule has 1 aliphatic rings. The number of methoxy groups -OCH3 is 1. The third-order valence-corrected chi connectivity index (χ3v) is 1.42. The molecule has 0 saturated carbocycles. The lowest BCUT2D eigenvalue weighted by atomic mass is 10.2. The van der Waals surface area contributed by atoms with Gasteiger partial charge in [0.15, 0.2) is 0 Å². The van der Waals surface area contributed by atoms with E-state index in [2.05, 4.69) is 9.47 Å². The molecule has 1 fully saturated rings. The molecule has 1 rings (SSSR count). The van der Waals surface area contributed by atoms with E-state index < -0.39 is 12.1 Å². The summed E-state index contributed by atoms with van der Waals surface area (Å²) in [5, 5.41) is 0. The van der Waals surface area contributed by atoms with Crippen molar-refractivity contribution in [2.75, 3.05) is 20.3 Å². The van der Waals surface area contributed by atoms with Crippen LogP contribution in [0.4, 0.5) is 0 Å². The van der Waals surface area contributed by atoms with Gasteiger partial charge in [0.05, 0.1) is 13.0 Å². The van der Waals surface area contributed by atoms with E-state index in [1.54, 1.807) is 0 Å². The Morgan fingerprint density at radius 3 is 2.83 bits per heavy atom. The minimum absolute atomic E-state index is 0.131. The largest absolute Gasteiger partial charge is 0.460 e. The number of cyclic esters (lactones) is 1. The second-order valence-corrected chi connectivity index (χ2v) is 2.34. The summed E-state index contributed by atoms with van der Waals surface area (Å²) in [6.45, 7) is 0.551. The maximum Gasteiger partial charge on any atom is 0.348 e. The van der Waals surface area contributed by atoms with Gasteiger partial charge in [0.25, 0.3) is 0 Å². The number of carbonyl (C=O) groups excluding carboxylic acids is 2. The molecule has 0 N–H and O–H groups in total. The monoisotopic (exact) mass is 174 g/mol. The average Bonchev–Trinajstić information content (AvgIpc) is 1.99. The molecule has 5 heteroatoms. The van der Waals surface area contributed by atoms with E-state index >= 15 is 0 Å². The Bertz CT molecular complexity index is 180. The molecule has 0 radical (unpaired) electrons. The van der Waals surface area contributed by atoms with Crippen molar-refractivity contribution in [1.82, 2.24) is 0 Å². The quantitative estimate of drug-likeness (QED) is 0.424. The fraction of sp³-hybridized carbons (Fsp3) is 0.714. The summed E-state index contributed by atoms with van der Waals surface area (Å²) < 4.78 is 13.8. The third kappa shape index (κ3) is 2.20. The highest BCUT2D eigenvalue weighted by atomic mass is 16.6. The van der Waals surface area contributed by atoms with E-state index in [9.17, 15) is 9.59 Å². The zero-order valence-corrected chi connectivity index (χ0v) is 6.74. The summed E-state index contributed by atoms with van der Waals surface area (Å²) >= 11 is 0. The maximum absolute atomic E-state index is 10.9. The first-order valence-electron chi connectivity index (χ1n) is 3.59. The molecule has 1 aliphatic heterocycles. The van der Waals surface area contributed by atoms with Gasteiger partial charge in [-0.25, -0.2) is 4.79 Å². The lowest BCUT2D eigenvalue weighted by Gasteiger charge is -2.23. The van der Waals surface area contributed by atoms with Crippen LogP contribution in [0.25, 0.3) is 0 Å². The Morgan fingerprint density at radius 1 is 1.67 bits per heavy atom. The molecule has 0 amide bonds. The van der Waals surface area contributed by atoms with E-state index in [1.165, 1.54) is 7.11 Å². The van der Waals surface area contributed by atoms with Crippen LogP contribution in [-0.2, 0) is 23.8 Å². The molecule has 1 heterocycles. The summed E-state index contributed by atoms with van der Waals surface area (Å²) in [5.41, 5.74) is 0. The Balaban J connectivity index is 2.08. The van der Waals surface area contributed by atoms with Crippen molar-refractivity contribution in [3.05, 3.63) is 0 Å². The van der Waals surface area contributed by atoms with Gasteiger partial charge >= 0.3 is 11.9 Å². The fourth-order valence-corrected chi connectivity index (χ4v) is 0.750. The molecule has 12 heavy (non-hydrogen) atoms. The summed E-state index contributed by atoms with van der Waals surface area (Å²) in [6.07, 6.45) is -0.555. The van der Waals surface area contributed by atoms with E-state index in [1.807, 2.05) is 0 Å². The number of carbonyl (C=O) groups is 2. The molecular weight excluding hydrogens is 164 g/mol. The molecule has 68 valence electrons. The van der Waals surface area contributed by atoms with Gasteiger partial charge in [-0.15, -0.1) is 0 Å². The summed E-state index contributed by atoms with van der Waals surface area (Å²) in [6, 6.07) is 0. The number of ether oxygens (including phenoxy) is 3. The van der Waals surface area contributed by atoms with Gasteiger partial charge in [-0.2, -0.15) is 0 Å². The van der Waals surface area contributed by atoms with Crippen molar-refractivity contribution in [2.45, 2.75) is 12.5 Å². The maximum atomic E-state index is 10.9. The zero-order chi connectivity index (χ0) is 8.97. The van der Waals surface area contributed by atoms with Gasteiger partial charge in [-0.3, -0.25) is 4.79 Å². The SMILES string of the molecule is COCCOC(=O)[C@@H]1CC(=O)O1. The smallest absolute Gasteiger partial charge is 0.348 e. The van der Waals surface area contributed by atoms with Crippen molar-refractivity contribution >= 4 is 11.9 Å². The Labute approximate surface area is 69.6 Å². The third-order valence-electron chi connectivity index (χ3n) is 1.42. The van der Waals surface area contributed by atoms with Gasteiger partial charge < -0.3 is 14.2 Å². The average molecular weight is 174 g/mol. The van der Waals surface area contributed by atoms with Crippen LogP contribution in [0.15, 0.2) is 0 Å². The van der Waals surface area contributed by atoms with Crippen LogP contribution in [0.2, 0.25) is 0 Å². The van der Waals surface area contributed by atoms with Crippen LogP contribution in [0, 0.1) is 0 Å². The molecule has 0 aromatic rings. The number of hydrogen-bond donors (Lipinski definition) is 0. The van der Waals surface area contributed by atoms with Gasteiger partial charge in [0.2, 0.25) is 6.10 Å². The van der Waals surface area contributed by atoms with Crippen molar-refractivity contribution in [3.63, 3.8) is 0 Å². The second-order valence-electron chi connectivity index (χ2n) is 2.34. The predicted molar refractivity (Wildman–Crippen MR) is 37.3 cm³/mol. The van der Waals surface area contributed by atoms with Crippen LogP contribution >= 0.6 is 0 Å². The summed E-state index contributed by atoms with van der Waals surface area (Å²) in [5.74, 6) is -0.852. The number of esters is 2. The van der Waals surface area contributed by atoms with Crippen molar-refractivity contribution in [1.29, 1.82) is 0 Å². The number of hydrogen-bond acceptors (Lipinski definition) is 5. The lowest BCUT2D eigenvalue weighted by molar-refractivity contribution is -0.186. The van der Waals surface area contributed by atoms with Crippen LogP contribution in [0.3, 0.4) is 0 Å². The molecule has 1 atom stereocenters. The Morgan fingerprint density at radius 2 is 2.33 bits per heavy atom. The van der Waals surface area contributed by atoms with Gasteiger partial charge in [-0.1, -0.05) is 0 Å². The van der Waals surface area contributed by atoms with Crippen molar-refractivity contribution in [3.8, 4) is 0 Å². The van der Waals surface area contributed by atoms with Crippen LogP contribution in [0.1, 0.15) is 6.42 Å². The highest BCUT2D eigenvalue weighted by molar-refractivity contribution is 5.89. The van der Waals surface area contributed by atoms with Gasteiger partial charge in [0, 0.05) is 7.11 Å². The molecule has 1 saturated heterocycles. The first-order chi connectivity index (χ1) is 5.74. The molecule has 0 aromatic carbocycles. The fourth-order valence-electron chi connectivity index (χ4n) is 0.750. The number of rotatable bonds is 4. The van der Waals surface area contributed by atoms with Gasteiger partial charge in [-0.05, 0) is 0 Å². The minimum atomic E-state index is -0.686. The molecule has 5 nitrogen and oxygen atoms in total. The Kier molecular flexibility index (Phi) is 3.04. The Hall–Kier alpha value is -1.10. The van der Waals surface area contributed by atoms with E-state index in [0.29, 0.717) is 6.61 Å². The van der Waals surface area contributed by atoms with Crippen LogP contribution < -0.4 is 0 Å². The highest BCUT2D eigenvalue weighted by Gasteiger charge is 2.36. The molecular formula is C7H10O5. The highest BCUT2D eigenvalue weighted by Crippen LogP contribution is 2.14. The van der Waals surface area contributed by atoms with Crippen LogP contribution in [0.5, 0.6) is 0 Å². The van der Waals surface area contributed by atoms with E-state index in [0.717, 1.165) is 0 Å². The normalized spacial score (nSPS) is 21.1. The van der Waals surface area contributed by atoms with E-state index in [4.69, 9.17) is 4.74 Å². The van der Waals surface area contributed by atoms with Crippen LogP contribution in [-0.4, -0.2) is 38.4 Å². The van der Waals surface area contributed by atoms with E-state index in [-0.39, 0.29) is 19.0 Å². The van der Waals surface area contributed by atoms with Crippen molar-refractivity contribution < 1.29 is 23.8 Å². The molecule has 0 aliphatic carbocycles. The topological polar surface area (TPSA) is 61.8 Å². The first-order valence-corrected chi connectivity index (χ1v) is 3.59. The first kappa shape index (κ1) is 8.99. The summed E-state index contributed by atoms with van der Waals surface area (Å²) in [4.78, 5) is 21.2.